The number of carbonyl (C=O) groups excluding carboxylic acids is 1. The van der Waals surface area contributed by atoms with Crippen LogP contribution in [-0.2, 0) is 6.54 Å². The molecule has 0 spiro atoms. The van der Waals surface area contributed by atoms with Crippen LogP contribution in [0, 0.1) is 5.92 Å². The van der Waals surface area contributed by atoms with Gasteiger partial charge in [0.15, 0.2) is 5.96 Å². The Balaban J connectivity index is 1.97. The molecule has 0 aliphatic carbocycles. The van der Waals surface area contributed by atoms with Gasteiger partial charge in [0.05, 0.1) is 6.54 Å². The zero-order valence-electron chi connectivity index (χ0n) is 14.2. The summed E-state index contributed by atoms with van der Waals surface area (Å²) >= 11 is 0. The molecule has 1 unspecified atom stereocenters. The molecule has 3 N–H and O–H groups in total. The lowest BCUT2D eigenvalue weighted by atomic mass is 10.0. The molecule has 1 atom stereocenters. The number of hydrogen-bond acceptors (Lipinski definition) is 2. The van der Waals surface area contributed by atoms with Gasteiger partial charge in [0.2, 0.25) is 0 Å². The van der Waals surface area contributed by atoms with Crippen LogP contribution >= 0.6 is 0 Å². The highest BCUT2D eigenvalue weighted by Crippen LogP contribution is 2.15. The molecule has 1 aliphatic rings. The van der Waals surface area contributed by atoms with E-state index in [-0.39, 0.29) is 5.91 Å². The van der Waals surface area contributed by atoms with E-state index in [1.165, 1.54) is 12.8 Å². The number of nitrogens with one attached hydrogen (secondary N) is 1. The summed E-state index contributed by atoms with van der Waals surface area (Å²) < 4.78 is 0. The fourth-order valence-electron chi connectivity index (χ4n) is 2.82. The number of nitrogens with zero attached hydrogens (tertiary/aromatic N) is 2. The lowest BCUT2D eigenvalue weighted by Crippen LogP contribution is -2.43. The van der Waals surface area contributed by atoms with Gasteiger partial charge < -0.3 is 16.0 Å². The number of guanidine groups is 1. The highest BCUT2D eigenvalue weighted by Gasteiger charge is 2.17. The molecule has 1 aromatic rings. The van der Waals surface area contributed by atoms with Gasteiger partial charge in [0, 0.05) is 25.2 Å². The van der Waals surface area contributed by atoms with Gasteiger partial charge in [-0.1, -0.05) is 26.0 Å². The second kappa shape index (κ2) is 8.56. The molecule has 2 rings (SSSR count). The molecule has 0 aromatic heterocycles. The van der Waals surface area contributed by atoms with Crippen molar-refractivity contribution in [1.82, 2.24) is 10.2 Å². The SMILES string of the molecule is CCCNC(=O)c1cccc(CN=C(N)N2CCCC(C)C2)c1. The van der Waals surface area contributed by atoms with Crippen LogP contribution in [-0.4, -0.2) is 36.4 Å². The third-order valence-electron chi connectivity index (χ3n) is 4.13. The number of benzene rings is 1. The minimum Gasteiger partial charge on any atom is -0.370 e. The molecule has 126 valence electrons. The predicted molar refractivity (Wildman–Crippen MR) is 94.4 cm³/mol. The quantitative estimate of drug-likeness (QED) is 0.647. The second-order valence-electron chi connectivity index (χ2n) is 6.32. The Morgan fingerprint density at radius 2 is 2.30 bits per heavy atom. The second-order valence-corrected chi connectivity index (χ2v) is 6.32. The monoisotopic (exact) mass is 316 g/mol. The van der Waals surface area contributed by atoms with Gasteiger partial charge in [-0.25, -0.2) is 4.99 Å². The van der Waals surface area contributed by atoms with E-state index in [0.29, 0.717) is 30.5 Å². The first-order valence-corrected chi connectivity index (χ1v) is 8.52. The highest BCUT2D eigenvalue weighted by molar-refractivity contribution is 5.94. The first-order chi connectivity index (χ1) is 11.1. The van der Waals surface area contributed by atoms with Crippen molar-refractivity contribution in [3.05, 3.63) is 35.4 Å². The molecule has 1 aliphatic heterocycles. The van der Waals surface area contributed by atoms with Gasteiger partial charge in [0.1, 0.15) is 0 Å². The van der Waals surface area contributed by atoms with E-state index in [1.54, 1.807) is 0 Å². The van der Waals surface area contributed by atoms with Crippen molar-refractivity contribution in [1.29, 1.82) is 0 Å². The fourth-order valence-corrected chi connectivity index (χ4v) is 2.82. The van der Waals surface area contributed by atoms with Crippen LogP contribution in [0.2, 0.25) is 0 Å². The molecular weight excluding hydrogens is 288 g/mol. The number of nitrogens with two attached hydrogens (primary N) is 1. The first kappa shape index (κ1) is 17.3. The van der Waals surface area contributed by atoms with E-state index >= 15 is 0 Å². The van der Waals surface area contributed by atoms with Crippen molar-refractivity contribution < 1.29 is 4.79 Å². The summed E-state index contributed by atoms with van der Waals surface area (Å²) in [5.74, 6) is 1.25. The van der Waals surface area contributed by atoms with Gasteiger partial charge in [0.25, 0.3) is 5.91 Å². The topological polar surface area (TPSA) is 70.7 Å². The van der Waals surface area contributed by atoms with Crippen LogP contribution in [0.3, 0.4) is 0 Å². The van der Waals surface area contributed by atoms with Crippen molar-refractivity contribution >= 4 is 11.9 Å². The van der Waals surface area contributed by atoms with Gasteiger partial charge in [-0.2, -0.15) is 0 Å². The largest absolute Gasteiger partial charge is 0.370 e. The Morgan fingerprint density at radius 1 is 1.48 bits per heavy atom. The maximum atomic E-state index is 12.0. The lowest BCUT2D eigenvalue weighted by Gasteiger charge is -2.31. The minimum absolute atomic E-state index is 0.0319. The van der Waals surface area contributed by atoms with Crippen LogP contribution in [0.25, 0.3) is 0 Å². The number of rotatable bonds is 5. The number of carbonyl (C=O) groups is 1. The predicted octanol–water partition coefficient (Wildman–Crippen LogP) is 2.37. The van der Waals surface area contributed by atoms with E-state index in [2.05, 4.69) is 22.1 Å². The molecular formula is C18H28N4O. The van der Waals surface area contributed by atoms with Gasteiger partial charge in [-0.15, -0.1) is 0 Å². The van der Waals surface area contributed by atoms with Crippen LogP contribution in [0.15, 0.2) is 29.3 Å². The first-order valence-electron chi connectivity index (χ1n) is 8.52. The third-order valence-corrected chi connectivity index (χ3v) is 4.13. The standard InChI is InChI=1S/C18H28N4O/c1-3-9-20-17(23)16-8-4-7-15(11-16)12-21-18(19)22-10-5-6-14(2)13-22/h4,7-8,11,14H,3,5-6,9-10,12-13H2,1-2H3,(H2,19,21)(H,20,23). The highest BCUT2D eigenvalue weighted by atomic mass is 16.1. The lowest BCUT2D eigenvalue weighted by molar-refractivity contribution is 0.0953. The summed E-state index contributed by atoms with van der Waals surface area (Å²) in [6, 6.07) is 7.59. The van der Waals surface area contributed by atoms with Crippen LogP contribution in [0.4, 0.5) is 0 Å². The summed E-state index contributed by atoms with van der Waals surface area (Å²) in [5.41, 5.74) is 7.80. The van der Waals surface area contributed by atoms with E-state index in [9.17, 15) is 4.79 Å². The Bertz CT molecular complexity index is 556. The van der Waals surface area contributed by atoms with Crippen LogP contribution < -0.4 is 11.1 Å². The summed E-state index contributed by atoms with van der Waals surface area (Å²) in [4.78, 5) is 18.7. The normalized spacial score (nSPS) is 18.8. The van der Waals surface area contributed by atoms with Crippen molar-refractivity contribution in [2.45, 2.75) is 39.7 Å². The molecule has 23 heavy (non-hydrogen) atoms. The van der Waals surface area contributed by atoms with Crippen LogP contribution in [0.1, 0.15) is 49.0 Å². The third kappa shape index (κ3) is 5.27. The summed E-state index contributed by atoms with van der Waals surface area (Å²) in [7, 11) is 0. The number of piperidine rings is 1. The Morgan fingerprint density at radius 3 is 3.04 bits per heavy atom. The van der Waals surface area contributed by atoms with Gasteiger partial charge in [-0.05, 0) is 42.9 Å². The van der Waals surface area contributed by atoms with E-state index in [4.69, 9.17) is 5.73 Å². The van der Waals surface area contributed by atoms with Crippen LogP contribution in [0.5, 0.6) is 0 Å². The summed E-state index contributed by atoms with van der Waals surface area (Å²) in [6.45, 7) is 7.45. The Labute approximate surface area is 139 Å². The number of likely N-dealkylation sites (tertiary alicyclic amines) is 1. The molecule has 1 aromatic carbocycles. The fraction of sp³-hybridized carbons (Fsp3) is 0.556. The molecule has 1 amide bonds. The zero-order chi connectivity index (χ0) is 16.7. The van der Waals surface area contributed by atoms with Crippen molar-refractivity contribution in [3.63, 3.8) is 0 Å². The smallest absolute Gasteiger partial charge is 0.251 e. The Kier molecular flexibility index (Phi) is 6.44. The van der Waals surface area contributed by atoms with E-state index in [1.807, 2.05) is 31.2 Å². The number of amides is 1. The Hall–Kier alpha value is -2.04. The van der Waals surface area contributed by atoms with E-state index in [0.717, 1.165) is 25.1 Å². The van der Waals surface area contributed by atoms with Crippen molar-refractivity contribution in [2.24, 2.45) is 16.6 Å². The van der Waals surface area contributed by atoms with Gasteiger partial charge >= 0.3 is 0 Å². The zero-order valence-corrected chi connectivity index (χ0v) is 14.2. The molecule has 1 heterocycles. The minimum atomic E-state index is -0.0319. The molecule has 0 saturated carbocycles. The van der Waals surface area contributed by atoms with Crippen molar-refractivity contribution in [2.75, 3.05) is 19.6 Å². The molecule has 1 fully saturated rings. The summed E-state index contributed by atoms with van der Waals surface area (Å²) in [6.07, 6.45) is 3.36. The maximum absolute atomic E-state index is 12.0. The number of hydrogen-bond donors (Lipinski definition) is 2. The summed E-state index contributed by atoms with van der Waals surface area (Å²) in [5, 5.41) is 2.89. The molecule has 5 heteroatoms. The average molecular weight is 316 g/mol. The average Bonchev–Trinajstić information content (AvgIpc) is 2.57. The molecule has 5 nitrogen and oxygen atoms in total. The molecule has 1 saturated heterocycles. The van der Waals surface area contributed by atoms with Gasteiger partial charge in [-0.3, -0.25) is 4.79 Å². The van der Waals surface area contributed by atoms with Crippen molar-refractivity contribution in [3.8, 4) is 0 Å². The number of aliphatic imine (C=N–C) groups is 1. The molecule has 0 radical (unpaired) electrons. The molecule has 0 bridgehead atoms. The van der Waals surface area contributed by atoms with E-state index < -0.39 is 0 Å². The maximum Gasteiger partial charge on any atom is 0.251 e.